The summed E-state index contributed by atoms with van der Waals surface area (Å²) < 4.78 is 21.6. The minimum Gasteiger partial charge on any atom is -0.476 e. The minimum atomic E-state index is -1.80. The quantitative estimate of drug-likeness (QED) is 0.245. The Morgan fingerprint density at radius 1 is 1.15 bits per heavy atom. The number of fused-ring (bicyclic) bond motifs is 5. The molecule has 0 aromatic carbocycles. The predicted octanol–water partition coefficient (Wildman–Crippen LogP) is 8.28. The molecule has 4 aliphatic carbocycles. The maximum atomic E-state index is 14.7. The number of hydrogen-bond acceptors (Lipinski definition) is 2. The number of carbonyl (C=O) groups is 1. The van der Waals surface area contributed by atoms with Gasteiger partial charge < -0.3 is 9.53 Å². The van der Waals surface area contributed by atoms with Crippen LogP contribution in [0, 0.1) is 34.5 Å². The summed E-state index contributed by atoms with van der Waals surface area (Å²) in [6.07, 6.45) is 10.9. The summed E-state index contributed by atoms with van der Waals surface area (Å²) in [7, 11) is -1.80. The molecule has 0 radical (unpaired) electrons. The van der Waals surface area contributed by atoms with E-state index in [9.17, 15) is 14.3 Å². The molecule has 0 amide bonds. The van der Waals surface area contributed by atoms with Crippen LogP contribution >= 0.6 is 0 Å². The predicted molar refractivity (Wildman–Crippen MR) is 139 cm³/mol. The van der Waals surface area contributed by atoms with Crippen LogP contribution in [0.25, 0.3) is 0 Å². The monoisotopic (exact) mass is 490 g/mol. The zero-order chi connectivity index (χ0) is 25.3. The molecule has 0 bridgehead atoms. The van der Waals surface area contributed by atoms with Crippen molar-refractivity contribution in [1.82, 2.24) is 0 Å². The Labute approximate surface area is 207 Å². The lowest BCUT2D eigenvalue weighted by molar-refractivity contribution is -0.134. The van der Waals surface area contributed by atoms with E-state index in [4.69, 9.17) is 4.43 Å². The van der Waals surface area contributed by atoms with Gasteiger partial charge >= 0.3 is 5.97 Å². The van der Waals surface area contributed by atoms with E-state index in [0.29, 0.717) is 41.8 Å². The summed E-state index contributed by atoms with van der Waals surface area (Å²) in [5, 5.41) is 9.60. The first-order chi connectivity index (χ1) is 15.7. The first-order valence-corrected chi connectivity index (χ1v) is 16.6. The molecule has 0 spiro atoms. The van der Waals surface area contributed by atoms with Gasteiger partial charge in [0.05, 0.1) is 0 Å². The molecule has 0 aromatic rings. The van der Waals surface area contributed by atoms with Crippen LogP contribution in [0.3, 0.4) is 0 Å². The van der Waals surface area contributed by atoms with Crippen molar-refractivity contribution in [3.05, 3.63) is 23.0 Å². The van der Waals surface area contributed by atoms with Gasteiger partial charge in [-0.2, -0.15) is 4.39 Å². The average molecular weight is 491 g/mol. The SMILES string of the molecule is CC[C@H]1C=C2CC(O[Si](C)(C)C(C)(C)C)CC[C@]2(C)[C@H]2CC[C@]3(C)C(=C(F)C(=O)O)CC[C@H]3[C@H]12. The highest BCUT2D eigenvalue weighted by molar-refractivity contribution is 6.74. The molecule has 192 valence electrons. The molecule has 4 aliphatic rings. The normalized spacial score (nSPS) is 41.8. The van der Waals surface area contributed by atoms with Crippen molar-refractivity contribution in [3.8, 4) is 0 Å². The van der Waals surface area contributed by atoms with Crippen LogP contribution in [0.5, 0.6) is 0 Å². The van der Waals surface area contributed by atoms with Crippen molar-refractivity contribution < 1.29 is 18.7 Å². The molecule has 0 saturated heterocycles. The second-order valence-electron chi connectivity index (χ2n) is 13.8. The number of aliphatic carboxylic acids is 1. The van der Waals surface area contributed by atoms with Crippen LogP contribution in [-0.2, 0) is 9.22 Å². The smallest absolute Gasteiger partial charge is 0.364 e. The Morgan fingerprint density at radius 3 is 2.35 bits per heavy atom. The van der Waals surface area contributed by atoms with Gasteiger partial charge in [0.15, 0.2) is 8.32 Å². The van der Waals surface area contributed by atoms with Crippen LogP contribution in [0.2, 0.25) is 18.1 Å². The molecule has 4 rings (SSSR count). The van der Waals surface area contributed by atoms with Crippen LogP contribution in [0.15, 0.2) is 23.0 Å². The van der Waals surface area contributed by atoms with Crippen LogP contribution in [-0.4, -0.2) is 25.5 Å². The molecular weight excluding hydrogens is 443 g/mol. The molecular formula is C29H47FO3Si. The summed E-state index contributed by atoms with van der Waals surface area (Å²) >= 11 is 0. The van der Waals surface area contributed by atoms with Crippen molar-refractivity contribution in [3.63, 3.8) is 0 Å². The molecule has 0 aliphatic heterocycles. The van der Waals surface area contributed by atoms with Gasteiger partial charge in [0.2, 0.25) is 5.83 Å². The summed E-state index contributed by atoms with van der Waals surface area (Å²) in [5.74, 6) is -0.253. The van der Waals surface area contributed by atoms with Gasteiger partial charge in [0.1, 0.15) is 0 Å². The van der Waals surface area contributed by atoms with Crippen molar-refractivity contribution in [2.75, 3.05) is 0 Å². The number of carboxylic acid groups (broad SMARTS) is 1. The van der Waals surface area contributed by atoms with Gasteiger partial charge in [0.25, 0.3) is 0 Å². The lowest BCUT2D eigenvalue weighted by atomic mass is 9.45. The van der Waals surface area contributed by atoms with Crippen molar-refractivity contribution in [2.24, 2.45) is 34.5 Å². The lowest BCUT2D eigenvalue weighted by Crippen LogP contribution is -2.53. The Morgan fingerprint density at radius 2 is 1.76 bits per heavy atom. The summed E-state index contributed by atoms with van der Waals surface area (Å²) in [6, 6.07) is 0. The Hall–Kier alpha value is -0.943. The van der Waals surface area contributed by atoms with E-state index in [2.05, 4.69) is 60.7 Å². The molecule has 1 unspecified atom stereocenters. The van der Waals surface area contributed by atoms with Crippen LogP contribution in [0.1, 0.15) is 92.9 Å². The highest BCUT2D eigenvalue weighted by Crippen LogP contribution is 2.68. The van der Waals surface area contributed by atoms with Crippen molar-refractivity contribution in [1.29, 1.82) is 0 Å². The highest BCUT2D eigenvalue weighted by atomic mass is 28.4. The summed E-state index contributed by atoms with van der Waals surface area (Å²) in [5.41, 5.74) is 2.10. The van der Waals surface area contributed by atoms with Crippen molar-refractivity contribution in [2.45, 2.75) is 117 Å². The van der Waals surface area contributed by atoms with Gasteiger partial charge in [-0.15, -0.1) is 0 Å². The zero-order valence-electron chi connectivity index (χ0n) is 22.8. The maximum absolute atomic E-state index is 14.7. The Bertz CT molecular complexity index is 900. The molecule has 1 N–H and O–H groups in total. The minimum absolute atomic E-state index is 0.197. The van der Waals surface area contributed by atoms with E-state index >= 15 is 0 Å². The molecule has 0 heterocycles. The number of carboxylic acids is 1. The average Bonchev–Trinajstić information content (AvgIpc) is 3.09. The molecule has 3 fully saturated rings. The van der Waals surface area contributed by atoms with Gasteiger partial charge in [0, 0.05) is 6.10 Å². The summed E-state index contributed by atoms with van der Waals surface area (Å²) in [4.78, 5) is 11.5. The van der Waals surface area contributed by atoms with Crippen LogP contribution in [0.4, 0.5) is 4.39 Å². The van der Waals surface area contributed by atoms with Crippen LogP contribution < -0.4 is 0 Å². The fraction of sp³-hybridized carbons (Fsp3) is 0.828. The van der Waals surface area contributed by atoms with E-state index in [0.717, 1.165) is 38.5 Å². The number of rotatable bonds is 4. The Kier molecular flexibility index (Phi) is 6.59. The first kappa shape index (κ1) is 26.1. The molecule has 5 heteroatoms. The second kappa shape index (κ2) is 8.57. The van der Waals surface area contributed by atoms with E-state index in [1.54, 1.807) is 5.57 Å². The largest absolute Gasteiger partial charge is 0.476 e. The number of hydrogen-bond donors (Lipinski definition) is 1. The molecule has 0 aromatic heterocycles. The van der Waals surface area contributed by atoms with E-state index in [1.807, 2.05) is 0 Å². The third kappa shape index (κ3) is 3.97. The van der Waals surface area contributed by atoms with E-state index in [1.165, 1.54) is 6.42 Å². The van der Waals surface area contributed by atoms with Gasteiger partial charge in [-0.3, -0.25) is 0 Å². The summed E-state index contributed by atoms with van der Waals surface area (Å²) in [6.45, 7) is 18.6. The van der Waals surface area contributed by atoms with Gasteiger partial charge in [-0.05, 0) is 110 Å². The molecule has 7 atom stereocenters. The fourth-order valence-corrected chi connectivity index (χ4v) is 9.56. The zero-order valence-corrected chi connectivity index (χ0v) is 23.8. The molecule has 34 heavy (non-hydrogen) atoms. The topological polar surface area (TPSA) is 46.5 Å². The molecule has 3 saturated carbocycles. The number of allylic oxidation sites excluding steroid dienone is 2. The lowest BCUT2D eigenvalue weighted by Gasteiger charge is -2.60. The number of halogens is 1. The fourth-order valence-electron chi connectivity index (χ4n) is 8.18. The first-order valence-electron chi connectivity index (χ1n) is 13.7. The third-order valence-electron chi connectivity index (χ3n) is 11.2. The van der Waals surface area contributed by atoms with Gasteiger partial charge in [-0.1, -0.05) is 53.2 Å². The van der Waals surface area contributed by atoms with Crippen molar-refractivity contribution >= 4 is 14.3 Å². The third-order valence-corrected chi connectivity index (χ3v) is 15.7. The molecule has 3 nitrogen and oxygen atoms in total. The Balaban J connectivity index is 1.64. The maximum Gasteiger partial charge on any atom is 0.364 e. The van der Waals surface area contributed by atoms with E-state index in [-0.39, 0.29) is 15.9 Å². The highest BCUT2D eigenvalue weighted by Gasteiger charge is 2.60. The standard InChI is InChI=1S/C29H47FO3Si/c1-9-18-16-19-17-20(33-34(7,8)27(2,3)4)12-14-28(19,5)22-13-15-29(6)21(24(18)22)10-11-23(29)25(30)26(31)32/h16,18,20-22,24H,9-15,17H2,1-8H3,(H,31,32)/t18-,20?,21-,22-,24-,28-,29-/m0/s1. The van der Waals surface area contributed by atoms with E-state index < -0.39 is 20.1 Å². The van der Waals surface area contributed by atoms with Gasteiger partial charge in [-0.25, -0.2) is 4.79 Å². The second-order valence-corrected chi connectivity index (χ2v) is 18.6.